The Labute approximate surface area is 123 Å². The van der Waals surface area contributed by atoms with Gasteiger partial charge in [-0.05, 0) is 35.4 Å². The SMILES string of the molecule is NCc1cc(F)ccc1CSc1ccc(C(F)(F)F)cn1. The number of pyridine rings is 1. The highest BCUT2D eigenvalue weighted by atomic mass is 32.2. The van der Waals surface area contributed by atoms with Gasteiger partial charge in [0.2, 0.25) is 0 Å². The predicted octanol–water partition coefficient (Wildman–Crippen LogP) is 3.99. The van der Waals surface area contributed by atoms with E-state index in [0.717, 1.165) is 17.8 Å². The van der Waals surface area contributed by atoms with Crippen LogP contribution in [0.25, 0.3) is 0 Å². The van der Waals surface area contributed by atoms with Crippen LogP contribution in [0.3, 0.4) is 0 Å². The molecule has 1 aromatic carbocycles. The first-order valence-corrected chi connectivity index (χ1v) is 7.02. The summed E-state index contributed by atoms with van der Waals surface area (Å²) in [6.07, 6.45) is -3.59. The van der Waals surface area contributed by atoms with E-state index in [1.54, 1.807) is 6.07 Å². The van der Waals surface area contributed by atoms with Gasteiger partial charge < -0.3 is 5.73 Å². The van der Waals surface area contributed by atoms with Crippen LogP contribution in [-0.4, -0.2) is 4.98 Å². The molecule has 2 N–H and O–H groups in total. The Bertz CT molecular complexity index is 611. The Morgan fingerprint density at radius 1 is 1.10 bits per heavy atom. The molecule has 0 spiro atoms. The smallest absolute Gasteiger partial charge is 0.326 e. The molecule has 1 aromatic heterocycles. The number of aromatic nitrogens is 1. The summed E-state index contributed by atoms with van der Waals surface area (Å²) in [5.41, 5.74) is 6.27. The fourth-order valence-electron chi connectivity index (χ4n) is 1.71. The Balaban J connectivity index is 2.07. The van der Waals surface area contributed by atoms with Crippen LogP contribution in [0.5, 0.6) is 0 Å². The van der Waals surface area contributed by atoms with E-state index < -0.39 is 11.7 Å². The lowest BCUT2D eigenvalue weighted by Gasteiger charge is -2.09. The van der Waals surface area contributed by atoms with Crippen molar-refractivity contribution in [1.29, 1.82) is 0 Å². The molecule has 2 nitrogen and oxygen atoms in total. The minimum Gasteiger partial charge on any atom is -0.326 e. The van der Waals surface area contributed by atoms with Gasteiger partial charge in [0.15, 0.2) is 0 Å². The second-order valence-electron chi connectivity index (χ2n) is 4.29. The predicted molar refractivity (Wildman–Crippen MR) is 73.1 cm³/mol. The summed E-state index contributed by atoms with van der Waals surface area (Å²) in [5, 5.41) is 0.468. The fraction of sp³-hybridized carbons (Fsp3) is 0.214. The molecule has 2 aromatic rings. The molecular formula is C14H12F4N2S. The standard InChI is InChI=1S/C14H12F4N2S/c15-12-3-1-9(10(5-12)6-19)8-21-13-4-2-11(7-20-13)14(16,17)18/h1-5,7H,6,8,19H2. The zero-order valence-electron chi connectivity index (χ0n) is 10.8. The number of benzene rings is 1. The van der Waals surface area contributed by atoms with E-state index in [4.69, 9.17) is 5.73 Å². The molecule has 0 bridgehead atoms. The number of halogens is 4. The van der Waals surface area contributed by atoms with Crippen LogP contribution >= 0.6 is 11.8 Å². The summed E-state index contributed by atoms with van der Waals surface area (Å²) in [4.78, 5) is 3.77. The van der Waals surface area contributed by atoms with Crippen LogP contribution in [0.2, 0.25) is 0 Å². The van der Waals surface area contributed by atoms with Crippen molar-refractivity contribution in [1.82, 2.24) is 4.98 Å². The molecule has 2 rings (SSSR count). The molecule has 0 fully saturated rings. The van der Waals surface area contributed by atoms with Crippen LogP contribution in [0.4, 0.5) is 17.6 Å². The largest absolute Gasteiger partial charge is 0.417 e. The van der Waals surface area contributed by atoms with Gasteiger partial charge in [-0.3, -0.25) is 0 Å². The van der Waals surface area contributed by atoms with Crippen molar-refractivity contribution in [3.8, 4) is 0 Å². The molecule has 112 valence electrons. The lowest BCUT2D eigenvalue weighted by Crippen LogP contribution is -2.05. The van der Waals surface area contributed by atoms with E-state index in [1.807, 2.05) is 0 Å². The van der Waals surface area contributed by atoms with Gasteiger partial charge in [-0.25, -0.2) is 9.37 Å². The lowest BCUT2D eigenvalue weighted by atomic mass is 10.1. The number of alkyl halides is 3. The van der Waals surface area contributed by atoms with E-state index in [1.165, 1.54) is 30.0 Å². The van der Waals surface area contributed by atoms with Crippen molar-refractivity contribution in [2.75, 3.05) is 0 Å². The topological polar surface area (TPSA) is 38.9 Å². The van der Waals surface area contributed by atoms with E-state index in [9.17, 15) is 17.6 Å². The third-order valence-electron chi connectivity index (χ3n) is 2.83. The molecule has 7 heteroatoms. The van der Waals surface area contributed by atoms with Crippen molar-refractivity contribution in [2.45, 2.75) is 23.5 Å². The molecule has 0 aliphatic rings. The molecule has 1 heterocycles. The van der Waals surface area contributed by atoms with Crippen LogP contribution in [0.15, 0.2) is 41.6 Å². The maximum absolute atomic E-state index is 13.1. The van der Waals surface area contributed by atoms with Crippen molar-refractivity contribution in [3.05, 3.63) is 59.0 Å². The number of thioether (sulfide) groups is 1. The van der Waals surface area contributed by atoms with Gasteiger partial charge in [0, 0.05) is 18.5 Å². The molecule has 0 aliphatic heterocycles. The lowest BCUT2D eigenvalue weighted by molar-refractivity contribution is -0.137. The van der Waals surface area contributed by atoms with Crippen LogP contribution < -0.4 is 5.73 Å². The van der Waals surface area contributed by atoms with Crippen LogP contribution in [0, 0.1) is 5.82 Å². The zero-order valence-corrected chi connectivity index (χ0v) is 11.6. The normalized spacial score (nSPS) is 11.7. The summed E-state index contributed by atoms with van der Waals surface area (Å²) in [6.45, 7) is 0.202. The van der Waals surface area contributed by atoms with Gasteiger partial charge in [-0.1, -0.05) is 6.07 Å². The van der Waals surface area contributed by atoms with Gasteiger partial charge in [0.1, 0.15) is 5.82 Å². The summed E-state index contributed by atoms with van der Waals surface area (Å²) in [5.74, 6) is 0.0994. The molecule has 0 aliphatic carbocycles. The Kier molecular flexibility index (Phi) is 4.84. The Hall–Kier alpha value is -1.60. The second kappa shape index (κ2) is 6.44. The van der Waals surface area contributed by atoms with Crippen molar-refractivity contribution >= 4 is 11.8 Å². The molecule has 0 saturated heterocycles. The zero-order chi connectivity index (χ0) is 15.5. The average molecular weight is 316 g/mol. The van der Waals surface area contributed by atoms with Gasteiger partial charge >= 0.3 is 6.18 Å². The van der Waals surface area contributed by atoms with Crippen LogP contribution in [-0.2, 0) is 18.5 Å². The number of nitrogens with two attached hydrogens (primary N) is 1. The quantitative estimate of drug-likeness (QED) is 0.685. The summed E-state index contributed by atoms with van der Waals surface area (Å²) in [7, 11) is 0. The Morgan fingerprint density at radius 3 is 2.43 bits per heavy atom. The van der Waals surface area contributed by atoms with Crippen LogP contribution in [0.1, 0.15) is 16.7 Å². The average Bonchev–Trinajstić information content (AvgIpc) is 2.45. The molecule has 0 unspecified atom stereocenters. The van der Waals surface area contributed by atoms with E-state index >= 15 is 0 Å². The van der Waals surface area contributed by atoms with Gasteiger partial charge in [0.25, 0.3) is 0 Å². The molecule has 21 heavy (non-hydrogen) atoms. The maximum Gasteiger partial charge on any atom is 0.417 e. The summed E-state index contributed by atoms with van der Waals surface area (Å²) >= 11 is 1.27. The third-order valence-corrected chi connectivity index (χ3v) is 3.82. The number of hydrogen-bond donors (Lipinski definition) is 1. The monoisotopic (exact) mass is 316 g/mol. The first-order chi connectivity index (χ1) is 9.90. The summed E-state index contributed by atoms with van der Waals surface area (Å²) in [6, 6.07) is 6.61. The minimum absolute atomic E-state index is 0.202. The van der Waals surface area contributed by atoms with Crippen molar-refractivity contribution in [2.24, 2.45) is 5.73 Å². The highest BCUT2D eigenvalue weighted by molar-refractivity contribution is 7.98. The molecule has 0 radical (unpaired) electrons. The van der Waals surface area contributed by atoms with Crippen molar-refractivity contribution in [3.63, 3.8) is 0 Å². The second-order valence-corrected chi connectivity index (χ2v) is 5.28. The molecular weight excluding hydrogens is 304 g/mol. The highest BCUT2D eigenvalue weighted by Gasteiger charge is 2.30. The fourth-order valence-corrected chi connectivity index (χ4v) is 2.59. The van der Waals surface area contributed by atoms with Gasteiger partial charge in [0.05, 0.1) is 10.6 Å². The van der Waals surface area contributed by atoms with E-state index in [-0.39, 0.29) is 12.4 Å². The minimum atomic E-state index is -4.39. The van der Waals surface area contributed by atoms with E-state index in [0.29, 0.717) is 16.3 Å². The summed E-state index contributed by atoms with van der Waals surface area (Å²) < 4.78 is 50.3. The van der Waals surface area contributed by atoms with Gasteiger partial charge in [-0.15, -0.1) is 11.8 Å². The maximum atomic E-state index is 13.1. The van der Waals surface area contributed by atoms with Gasteiger partial charge in [-0.2, -0.15) is 13.2 Å². The molecule has 0 amide bonds. The first-order valence-electron chi connectivity index (χ1n) is 6.03. The van der Waals surface area contributed by atoms with E-state index in [2.05, 4.69) is 4.98 Å². The third kappa shape index (κ3) is 4.18. The Morgan fingerprint density at radius 2 is 1.86 bits per heavy atom. The number of hydrogen-bond acceptors (Lipinski definition) is 3. The molecule has 0 atom stereocenters. The molecule has 0 saturated carbocycles. The first kappa shape index (κ1) is 15.8. The number of nitrogens with zero attached hydrogens (tertiary/aromatic N) is 1. The van der Waals surface area contributed by atoms with Crippen molar-refractivity contribution < 1.29 is 17.6 Å². The number of rotatable bonds is 4. The highest BCUT2D eigenvalue weighted by Crippen LogP contribution is 2.30.